The summed E-state index contributed by atoms with van der Waals surface area (Å²) in [6, 6.07) is 16.3. The number of rotatable bonds is 10. The normalized spacial score (nSPS) is 12.2. The number of nitrogens with one attached hydrogen (secondary N) is 1. The molecule has 0 aliphatic heterocycles. The maximum absolute atomic E-state index is 12.6. The highest BCUT2D eigenvalue weighted by Gasteiger charge is 2.17. The van der Waals surface area contributed by atoms with Crippen molar-refractivity contribution in [2.75, 3.05) is 33.5 Å². The van der Waals surface area contributed by atoms with Crippen LogP contribution in [0.15, 0.2) is 60.0 Å². The second-order valence-electron chi connectivity index (χ2n) is 8.08. The Morgan fingerprint density at radius 2 is 1.91 bits per heavy atom. The van der Waals surface area contributed by atoms with Crippen molar-refractivity contribution >= 4 is 17.7 Å². The van der Waals surface area contributed by atoms with E-state index in [-0.39, 0.29) is 17.7 Å². The quantitative estimate of drug-likeness (QED) is 0.469. The molecule has 0 aliphatic rings. The van der Waals surface area contributed by atoms with Crippen molar-refractivity contribution in [3.05, 3.63) is 66.0 Å². The largest absolute Gasteiger partial charge is 0.497 e. The van der Waals surface area contributed by atoms with E-state index in [0.717, 1.165) is 17.0 Å². The number of hydrogen-bond donors (Lipinski definition) is 1. The Hall–Kier alpha value is -2.84. The van der Waals surface area contributed by atoms with Crippen molar-refractivity contribution in [2.45, 2.75) is 31.0 Å². The summed E-state index contributed by atoms with van der Waals surface area (Å²) in [6.45, 7) is 4.84. The lowest BCUT2D eigenvalue weighted by atomic mass is 10.0. The molecule has 2 aromatic carbocycles. The van der Waals surface area contributed by atoms with E-state index in [9.17, 15) is 4.79 Å². The second kappa shape index (κ2) is 11.2. The van der Waals surface area contributed by atoms with Gasteiger partial charge in [-0.25, -0.2) is 0 Å². The highest BCUT2D eigenvalue weighted by molar-refractivity contribution is 7.99. The predicted octanol–water partition coefficient (Wildman–Crippen LogP) is 3.91. The topological polar surface area (TPSA) is 72.3 Å². The molecule has 32 heavy (non-hydrogen) atoms. The molecule has 1 aromatic heterocycles. The Bertz CT molecular complexity index is 1020. The molecule has 7 nitrogen and oxygen atoms in total. The third-order valence-electron chi connectivity index (χ3n) is 5.28. The minimum absolute atomic E-state index is 0.0437. The summed E-state index contributed by atoms with van der Waals surface area (Å²) in [6.07, 6.45) is 1.68. The summed E-state index contributed by atoms with van der Waals surface area (Å²) in [5, 5.41) is 11.9. The Balaban J connectivity index is 1.58. The van der Waals surface area contributed by atoms with Crippen molar-refractivity contribution in [1.29, 1.82) is 0 Å². The van der Waals surface area contributed by atoms with Crippen LogP contribution >= 0.6 is 11.8 Å². The van der Waals surface area contributed by atoms with Crippen LogP contribution in [0.5, 0.6) is 5.75 Å². The van der Waals surface area contributed by atoms with Gasteiger partial charge in [0.15, 0.2) is 5.16 Å². The first-order chi connectivity index (χ1) is 15.4. The maximum atomic E-state index is 12.6. The third-order valence-corrected chi connectivity index (χ3v) is 6.22. The van der Waals surface area contributed by atoms with Crippen molar-refractivity contribution in [1.82, 2.24) is 25.0 Å². The number of benzene rings is 2. The zero-order valence-electron chi connectivity index (χ0n) is 19.3. The average Bonchev–Trinajstić information content (AvgIpc) is 3.26. The molecule has 1 heterocycles. The van der Waals surface area contributed by atoms with Gasteiger partial charge in [0.25, 0.3) is 0 Å². The number of hydrogen-bond acceptors (Lipinski definition) is 6. The lowest BCUT2D eigenvalue weighted by Crippen LogP contribution is -2.35. The van der Waals surface area contributed by atoms with Gasteiger partial charge in [-0.05, 0) is 55.4 Å². The summed E-state index contributed by atoms with van der Waals surface area (Å²) in [5.41, 5.74) is 3.35. The van der Waals surface area contributed by atoms with E-state index < -0.39 is 0 Å². The van der Waals surface area contributed by atoms with E-state index in [1.54, 1.807) is 13.4 Å². The molecule has 1 unspecified atom stereocenters. The van der Waals surface area contributed by atoms with Crippen molar-refractivity contribution in [3.8, 4) is 11.4 Å². The van der Waals surface area contributed by atoms with Gasteiger partial charge in [-0.2, -0.15) is 0 Å². The van der Waals surface area contributed by atoms with E-state index in [1.807, 2.05) is 42.9 Å². The van der Waals surface area contributed by atoms with Crippen LogP contribution in [0, 0.1) is 0 Å². The molecule has 170 valence electrons. The molecule has 1 amide bonds. The van der Waals surface area contributed by atoms with Gasteiger partial charge in [0.1, 0.15) is 12.1 Å². The fourth-order valence-corrected chi connectivity index (χ4v) is 4.12. The van der Waals surface area contributed by atoms with Gasteiger partial charge in [-0.1, -0.05) is 49.9 Å². The van der Waals surface area contributed by atoms with Crippen LogP contribution in [-0.2, 0) is 4.79 Å². The first kappa shape index (κ1) is 23.8. The molecular formula is C24H31N5O2S. The van der Waals surface area contributed by atoms with Gasteiger partial charge in [-0.15, -0.1) is 10.2 Å². The molecule has 1 N–H and O–H groups in total. The number of thioether (sulfide) groups is 1. The zero-order valence-corrected chi connectivity index (χ0v) is 20.1. The number of amides is 1. The predicted molar refractivity (Wildman–Crippen MR) is 129 cm³/mol. The van der Waals surface area contributed by atoms with Gasteiger partial charge in [0.2, 0.25) is 5.91 Å². The van der Waals surface area contributed by atoms with Gasteiger partial charge >= 0.3 is 0 Å². The number of nitrogens with zero attached hydrogens (tertiary/aromatic N) is 4. The van der Waals surface area contributed by atoms with Crippen molar-refractivity contribution in [3.63, 3.8) is 0 Å². The Morgan fingerprint density at radius 1 is 1.16 bits per heavy atom. The fourth-order valence-electron chi connectivity index (χ4n) is 3.36. The molecule has 0 bridgehead atoms. The molecule has 0 fully saturated rings. The molecule has 0 radical (unpaired) electrons. The summed E-state index contributed by atoms with van der Waals surface area (Å²) in [4.78, 5) is 14.6. The SMILES string of the molecule is COc1cccc(C(CNC(=O)CSc2nncn2-c2ccc(C(C)C)cc2)N(C)C)c1. The molecule has 0 saturated carbocycles. The summed E-state index contributed by atoms with van der Waals surface area (Å²) in [5.74, 6) is 1.50. The monoisotopic (exact) mass is 453 g/mol. The van der Waals surface area contributed by atoms with Crippen LogP contribution < -0.4 is 10.1 Å². The first-order valence-corrected chi connectivity index (χ1v) is 11.6. The number of aromatic nitrogens is 3. The van der Waals surface area contributed by atoms with E-state index in [2.05, 4.69) is 58.5 Å². The average molecular weight is 454 g/mol. The minimum Gasteiger partial charge on any atom is -0.497 e. The fraction of sp³-hybridized carbons (Fsp3) is 0.375. The summed E-state index contributed by atoms with van der Waals surface area (Å²) in [7, 11) is 5.65. The summed E-state index contributed by atoms with van der Waals surface area (Å²) >= 11 is 1.37. The van der Waals surface area contributed by atoms with Gasteiger partial charge < -0.3 is 15.0 Å². The van der Waals surface area contributed by atoms with Crippen LogP contribution in [0.4, 0.5) is 0 Å². The van der Waals surface area contributed by atoms with Crippen LogP contribution in [0.3, 0.4) is 0 Å². The molecule has 3 rings (SSSR count). The second-order valence-corrected chi connectivity index (χ2v) is 9.02. The van der Waals surface area contributed by atoms with Crippen molar-refractivity contribution < 1.29 is 9.53 Å². The van der Waals surface area contributed by atoms with Crippen LogP contribution in [-0.4, -0.2) is 59.1 Å². The molecule has 0 saturated heterocycles. The van der Waals surface area contributed by atoms with E-state index in [1.165, 1.54) is 17.3 Å². The highest BCUT2D eigenvalue weighted by atomic mass is 32.2. The Kier molecular flexibility index (Phi) is 8.30. The molecular weight excluding hydrogens is 422 g/mol. The van der Waals surface area contributed by atoms with Gasteiger partial charge in [-0.3, -0.25) is 9.36 Å². The van der Waals surface area contributed by atoms with E-state index in [4.69, 9.17) is 4.74 Å². The molecule has 3 aromatic rings. The number of methoxy groups -OCH3 is 1. The molecule has 8 heteroatoms. The number of ether oxygens (including phenoxy) is 1. The summed E-state index contributed by atoms with van der Waals surface area (Å²) < 4.78 is 7.24. The number of carbonyl (C=O) groups excluding carboxylic acids is 1. The standard InChI is InChI=1S/C24H31N5O2S/c1-17(2)18-9-11-20(12-10-18)29-16-26-27-24(29)32-15-23(30)25-14-22(28(3)4)19-7-6-8-21(13-19)31-5/h6-13,16-17,22H,14-15H2,1-5H3,(H,25,30). The molecule has 1 atom stereocenters. The minimum atomic E-state index is -0.0468. The van der Waals surface area contributed by atoms with Gasteiger partial charge in [0.05, 0.1) is 18.9 Å². The van der Waals surface area contributed by atoms with Crippen molar-refractivity contribution in [2.24, 2.45) is 0 Å². The Labute approximate surface area is 194 Å². The van der Waals surface area contributed by atoms with Crippen LogP contribution in [0.25, 0.3) is 5.69 Å². The molecule has 0 spiro atoms. The first-order valence-electron chi connectivity index (χ1n) is 10.6. The van der Waals surface area contributed by atoms with E-state index >= 15 is 0 Å². The maximum Gasteiger partial charge on any atom is 0.230 e. The Morgan fingerprint density at radius 3 is 2.56 bits per heavy atom. The number of carbonyl (C=O) groups is 1. The molecule has 0 aliphatic carbocycles. The third kappa shape index (κ3) is 6.11. The zero-order chi connectivity index (χ0) is 23.1. The van der Waals surface area contributed by atoms with Crippen LogP contribution in [0.1, 0.15) is 36.9 Å². The lowest BCUT2D eigenvalue weighted by Gasteiger charge is -2.25. The smallest absolute Gasteiger partial charge is 0.230 e. The number of likely N-dealkylation sites (N-methyl/N-ethyl adjacent to an activating group) is 1. The highest BCUT2D eigenvalue weighted by Crippen LogP contribution is 2.23. The van der Waals surface area contributed by atoms with Gasteiger partial charge in [0, 0.05) is 12.2 Å². The van der Waals surface area contributed by atoms with E-state index in [0.29, 0.717) is 17.6 Å². The van der Waals surface area contributed by atoms with Crippen LogP contribution in [0.2, 0.25) is 0 Å². The lowest BCUT2D eigenvalue weighted by molar-refractivity contribution is -0.118.